The Morgan fingerprint density at radius 2 is 1.93 bits per heavy atom. The summed E-state index contributed by atoms with van der Waals surface area (Å²) in [5.41, 5.74) is 1.53. The van der Waals surface area contributed by atoms with Crippen LogP contribution in [0.15, 0.2) is 42.5 Å². The fourth-order valence-corrected chi connectivity index (χ4v) is 2.74. The van der Waals surface area contributed by atoms with E-state index in [2.05, 4.69) is 5.32 Å². The van der Waals surface area contributed by atoms with Crippen LogP contribution in [-0.4, -0.2) is 24.8 Å². The second-order valence-electron chi connectivity index (χ2n) is 5.99. The highest BCUT2D eigenvalue weighted by atomic mass is 35.5. The molecule has 1 heterocycles. The van der Waals surface area contributed by atoms with Crippen molar-refractivity contribution in [2.75, 3.05) is 6.79 Å². The van der Waals surface area contributed by atoms with Crippen LogP contribution in [-0.2, 0) is 20.9 Å². The number of hydrogen-bond donors (Lipinski definition) is 1. The van der Waals surface area contributed by atoms with E-state index in [1.54, 1.807) is 30.3 Å². The number of esters is 1. The molecule has 0 bridgehead atoms. The lowest BCUT2D eigenvalue weighted by atomic mass is 10.2. The Kier molecular flexibility index (Phi) is 6.44. The first-order valence-electron chi connectivity index (χ1n) is 8.42. The second kappa shape index (κ2) is 8.99. The molecule has 2 aromatic carbocycles. The van der Waals surface area contributed by atoms with Gasteiger partial charge in [0.15, 0.2) is 17.6 Å². The fourth-order valence-electron chi connectivity index (χ4n) is 2.43. The van der Waals surface area contributed by atoms with E-state index in [4.69, 9.17) is 37.4 Å². The van der Waals surface area contributed by atoms with Crippen molar-refractivity contribution in [3.05, 3.63) is 63.6 Å². The summed E-state index contributed by atoms with van der Waals surface area (Å²) in [6, 6.07) is 10.3. The van der Waals surface area contributed by atoms with Crippen LogP contribution < -0.4 is 14.8 Å². The largest absolute Gasteiger partial charge is 0.454 e. The summed E-state index contributed by atoms with van der Waals surface area (Å²) in [6.07, 6.45) is 1.81. The molecule has 1 atom stereocenters. The molecule has 0 spiro atoms. The van der Waals surface area contributed by atoms with E-state index in [1.165, 1.54) is 19.1 Å². The number of carbonyl (C=O) groups excluding carboxylic acids is 2. The van der Waals surface area contributed by atoms with Crippen molar-refractivity contribution in [2.45, 2.75) is 19.6 Å². The van der Waals surface area contributed by atoms with Gasteiger partial charge in [-0.05, 0) is 48.4 Å². The van der Waals surface area contributed by atoms with Gasteiger partial charge in [-0.15, -0.1) is 0 Å². The molecular formula is C20H17Cl2NO5. The van der Waals surface area contributed by atoms with E-state index in [0.29, 0.717) is 27.1 Å². The number of benzene rings is 2. The van der Waals surface area contributed by atoms with Crippen molar-refractivity contribution in [2.24, 2.45) is 0 Å². The Morgan fingerprint density at radius 1 is 1.14 bits per heavy atom. The Hall–Kier alpha value is -2.70. The third kappa shape index (κ3) is 5.18. The standard InChI is InChI=1S/C20H17Cl2NO5/c1-12(28-19(24)7-4-13-2-5-15(21)16(22)8-13)20(25)23-10-14-3-6-17-18(9-14)27-11-26-17/h2-9,12H,10-11H2,1H3,(H,23,25). The Morgan fingerprint density at radius 3 is 2.71 bits per heavy atom. The van der Waals surface area contributed by atoms with Gasteiger partial charge in [0.2, 0.25) is 6.79 Å². The summed E-state index contributed by atoms with van der Waals surface area (Å²) in [5, 5.41) is 3.52. The van der Waals surface area contributed by atoms with Crippen LogP contribution in [0.4, 0.5) is 0 Å². The van der Waals surface area contributed by atoms with Gasteiger partial charge in [-0.1, -0.05) is 35.3 Å². The molecule has 1 aliphatic rings. The summed E-state index contributed by atoms with van der Waals surface area (Å²) >= 11 is 11.8. The number of ether oxygens (including phenoxy) is 3. The van der Waals surface area contributed by atoms with Crippen molar-refractivity contribution in [1.82, 2.24) is 5.32 Å². The topological polar surface area (TPSA) is 73.9 Å². The molecule has 8 heteroatoms. The smallest absolute Gasteiger partial charge is 0.331 e. The maximum atomic E-state index is 12.1. The first-order chi connectivity index (χ1) is 13.4. The lowest BCUT2D eigenvalue weighted by Gasteiger charge is -2.12. The van der Waals surface area contributed by atoms with Crippen LogP contribution in [0.2, 0.25) is 10.0 Å². The van der Waals surface area contributed by atoms with Gasteiger partial charge in [0, 0.05) is 12.6 Å². The molecule has 6 nitrogen and oxygen atoms in total. The normalized spacial score (nSPS) is 13.4. The van der Waals surface area contributed by atoms with Gasteiger partial charge in [0.25, 0.3) is 5.91 Å². The third-order valence-corrected chi connectivity index (χ3v) is 4.66. The number of carbonyl (C=O) groups is 2. The molecule has 0 saturated carbocycles. The molecule has 0 aromatic heterocycles. The highest BCUT2D eigenvalue weighted by Gasteiger charge is 2.17. The first kappa shape index (κ1) is 20.0. The van der Waals surface area contributed by atoms with E-state index < -0.39 is 18.0 Å². The molecule has 146 valence electrons. The molecule has 0 saturated heterocycles. The summed E-state index contributed by atoms with van der Waals surface area (Å²) in [7, 11) is 0. The van der Waals surface area contributed by atoms with Crippen molar-refractivity contribution < 1.29 is 23.8 Å². The van der Waals surface area contributed by atoms with Crippen LogP contribution in [0.25, 0.3) is 6.08 Å². The molecule has 1 amide bonds. The maximum absolute atomic E-state index is 12.1. The molecule has 1 aliphatic heterocycles. The molecule has 0 aliphatic carbocycles. The predicted molar refractivity (Wildman–Crippen MR) is 105 cm³/mol. The van der Waals surface area contributed by atoms with E-state index in [-0.39, 0.29) is 13.3 Å². The molecule has 3 rings (SSSR count). The fraction of sp³-hybridized carbons (Fsp3) is 0.200. The van der Waals surface area contributed by atoms with Crippen molar-refractivity contribution in [1.29, 1.82) is 0 Å². The van der Waals surface area contributed by atoms with Gasteiger partial charge >= 0.3 is 5.97 Å². The summed E-state index contributed by atoms with van der Waals surface area (Å²) in [4.78, 5) is 24.0. The van der Waals surface area contributed by atoms with Gasteiger partial charge in [-0.25, -0.2) is 4.79 Å². The Balaban J connectivity index is 1.48. The molecule has 28 heavy (non-hydrogen) atoms. The monoisotopic (exact) mass is 421 g/mol. The Bertz CT molecular complexity index is 929. The minimum atomic E-state index is -0.944. The molecule has 0 fully saturated rings. The van der Waals surface area contributed by atoms with Crippen molar-refractivity contribution in [3.63, 3.8) is 0 Å². The summed E-state index contributed by atoms with van der Waals surface area (Å²) in [6.45, 7) is 1.96. The summed E-state index contributed by atoms with van der Waals surface area (Å²) in [5.74, 6) is 0.260. The third-order valence-electron chi connectivity index (χ3n) is 3.92. The number of amides is 1. The zero-order chi connectivity index (χ0) is 20.1. The lowest BCUT2D eigenvalue weighted by Crippen LogP contribution is -2.35. The van der Waals surface area contributed by atoms with Crippen LogP contribution in [0.5, 0.6) is 11.5 Å². The van der Waals surface area contributed by atoms with Gasteiger partial charge in [0.05, 0.1) is 10.0 Å². The number of rotatable bonds is 6. The van der Waals surface area contributed by atoms with Crippen LogP contribution >= 0.6 is 23.2 Å². The molecule has 1 N–H and O–H groups in total. The lowest BCUT2D eigenvalue weighted by molar-refractivity contribution is -0.150. The second-order valence-corrected chi connectivity index (χ2v) is 6.81. The molecule has 2 aromatic rings. The number of fused-ring (bicyclic) bond motifs is 1. The maximum Gasteiger partial charge on any atom is 0.331 e. The molecular weight excluding hydrogens is 405 g/mol. The van der Waals surface area contributed by atoms with Crippen LogP contribution in [0, 0.1) is 0 Å². The quantitative estimate of drug-likeness (QED) is 0.563. The van der Waals surface area contributed by atoms with Gasteiger partial charge in [0.1, 0.15) is 0 Å². The SMILES string of the molecule is CC(OC(=O)C=Cc1ccc(Cl)c(Cl)c1)C(=O)NCc1ccc2c(c1)OCO2. The van der Waals surface area contributed by atoms with Gasteiger partial charge in [-0.2, -0.15) is 0 Å². The zero-order valence-corrected chi connectivity index (χ0v) is 16.4. The number of nitrogens with one attached hydrogen (secondary N) is 1. The van der Waals surface area contributed by atoms with E-state index >= 15 is 0 Å². The minimum Gasteiger partial charge on any atom is -0.454 e. The van der Waals surface area contributed by atoms with Crippen LogP contribution in [0.1, 0.15) is 18.1 Å². The van der Waals surface area contributed by atoms with E-state index in [1.807, 2.05) is 6.07 Å². The molecule has 1 unspecified atom stereocenters. The van der Waals surface area contributed by atoms with E-state index in [0.717, 1.165) is 5.56 Å². The minimum absolute atomic E-state index is 0.188. The van der Waals surface area contributed by atoms with Gasteiger partial charge in [-0.3, -0.25) is 4.79 Å². The predicted octanol–water partition coefficient (Wildman–Crippen LogP) is 3.98. The summed E-state index contributed by atoms with van der Waals surface area (Å²) < 4.78 is 15.6. The average Bonchev–Trinajstić information content (AvgIpc) is 3.14. The van der Waals surface area contributed by atoms with Crippen molar-refractivity contribution >= 4 is 41.2 Å². The molecule has 0 radical (unpaired) electrons. The first-order valence-corrected chi connectivity index (χ1v) is 9.18. The highest BCUT2D eigenvalue weighted by molar-refractivity contribution is 6.42. The number of hydrogen-bond acceptors (Lipinski definition) is 5. The zero-order valence-electron chi connectivity index (χ0n) is 14.9. The van der Waals surface area contributed by atoms with Crippen molar-refractivity contribution in [3.8, 4) is 11.5 Å². The number of halogens is 2. The van der Waals surface area contributed by atoms with Crippen LogP contribution in [0.3, 0.4) is 0 Å². The van der Waals surface area contributed by atoms with E-state index in [9.17, 15) is 9.59 Å². The van der Waals surface area contributed by atoms with Gasteiger partial charge < -0.3 is 19.5 Å². The Labute approximate surface area is 172 Å². The highest BCUT2D eigenvalue weighted by Crippen LogP contribution is 2.32. The average molecular weight is 422 g/mol.